The number of nitrogens with zero attached hydrogens (tertiary/aromatic N) is 1. The van der Waals surface area contributed by atoms with E-state index in [-0.39, 0.29) is 17.3 Å². The maximum Gasteiger partial charge on any atom is 0.238 e. The maximum absolute atomic E-state index is 14.4. The Morgan fingerprint density at radius 1 is 1.14 bits per heavy atom. The van der Waals surface area contributed by atoms with Gasteiger partial charge in [0.05, 0.1) is 16.9 Å². The Morgan fingerprint density at radius 2 is 1.86 bits per heavy atom. The number of carbonyl (C=O) groups excluding carboxylic acids is 2. The number of benzene rings is 2. The Labute approximate surface area is 159 Å². The molecule has 1 aliphatic carbocycles. The van der Waals surface area contributed by atoms with Crippen LogP contribution in [-0.4, -0.2) is 21.9 Å². The van der Waals surface area contributed by atoms with Gasteiger partial charge in [-0.2, -0.15) is 5.10 Å². The van der Waals surface area contributed by atoms with Gasteiger partial charge in [0.15, 0.2) is 0 Å². The van der Waals surface area contributed by atoms with Crippen molar-refractivity contribution in [1.82, 2.24) is 10.2 Å². The quantitative estimate of drug-likeness (QED) is 0.647. The molecule has 28 heavy (non-hydrogen) atoms. The third-order valence-corrected chi connectivity index (χ3v) is 5.09. The Morgan fingerprint density at radius 3 is 2.50 bits per heavy atom. The number of amides is 1. The van der Waals surface area contributed by atoms with E-state index in [1.54, 1.807) is 24.3 Å². The van der Waals surface area contributed by atoms with Crippen LogP contribution in [0.25, 0.3) is 23.1 Å². The molecule has 0 spiro atoms. The Bertz CT molecular complexity index is 1110. The second-order valence-electron chi connectivity index (χ2n) is 6.96. The minimum Gasteiger partial charge on any atom is -0.323 e. The number of hydrogen-bond acceptors (Lipinski definition) is 3. The molecular weight excluding hydrogens is 364 g/mol. The Hall–Kier alpha value is -3.35. The van der Waals surface area contributed by atoms with Crippen LogP contribution >= 0.6 is 0 Å². The zero-order valence-corrected chi connectivity index (χ0v) is 15.1. The minimum absolute atomic E-state index is 0.00265. The van der Waals surface area contributed by atoms with Crippen molar-refractivity contribution in [2.75, 3.05) is 5.32 Å². The van der Waals surface area contributed by atoms with Crippen LogP contribution in [-0.2, 0) is 9.59 Å². The first kappa shape index (κ1) is 18.0. The molecule has 1 amide bonds. The fourth-order valence-corrected chi connectivity index (χ4v) is 3.14. The number of aromatic amines is 1. The summed E-state index contributed by atoms with van der Waals surface area (Å²) in [5.74, 6) is -1.63. The predicted molar refractivity (Wildman–Crippen MR) is 102 cm³/mol. The second-order valence-corrected chi connectivity index (χ2v) is 6.96. The molecule has 7 heteroatoms. The van der Waals surface area contributed by atoms with Crippen molar-refractivity contribution in [3.05, 3.63) is 59.3 Å². The first-order chi connectivity index (χ1) is 13.4. The monoisotopic (exact) mass is 381 g/mol. The van der Waals surface area contributed by atoms with Crippen molar-refractivity contribution in [3.8, 4) is 0 Å². The molecular formula is C21H17F2N3O2. The van der Waals surface area contributed by atoms with Gasteiger partial charge in [0.25, 0.3) is 0 Å². The summed E-state index contributed by atoms with van der Waals surface area (Å²) in [6, 6.07) is 8.71. The fraction of sp³-hybridized carbons (Fsp3) is 0.190. The molecule has 0 saturated heterocycles. The first-order valence-corrected chi connectivity index (χ1v) is 8.83. The highest BCUT2D eigenvalue weighted by Gasteiger charge is 2.54. The van der Waals surface area contributed by atoms with E-state index in [0.29, 0.717) is 29.4 Å². The molecule has 5 nitrogen and oxygen atoms in total. The van der Waals surface area contributed by atoms with Crippen molar-refractivity contribution in [2.24, 2.45) is 5.41 Å². The van der Waals surface area contributed by atoms with Gasteiger partial charge in [-0.1, -0.05) is 18.2 Å². The number of hydrogen-bond donors (Lipinski definition) is 2. The minimum atomic E-state index is -1.02. The van der Waals surface area contributed by atoms with E-state index in [1.165, 1.54) is 31.2 Å². The summed E-state index contributed by atoms with van der Waals surface area (Å²) >= 11 is 0. The maximum atomic E-state index is 14.4. The van der Waals surface area contributed by atoms with E-state index in [2.05, 4.69) is 15.5 Å². The van der Waals surface area contributed by atoms with Gasteiger partial charge in [-0.15, -0.1) is 0 Å². The van der Waals surface area contributed by atoms with E-state index in [0.717, 1.165) is 5.56 Å². The zero-order valence-electron chi connectivity index (χ0n) is 15.1. The van der Waals surface area contributed by atoms with Gasteiger partial charge in [0.2, 0.25) is 5.91 Å². The molecule has 1 heterocycles. The average Bonchev–Trinajstić information content (AvgIpc) is 3.40. The van der Waals surface area contributed by atoms with E-state index < -0.39 is 17.1 Å². The van der Waals surface area contributed by atoms with Crippen molar-refractivity contribution in [2.45, 2.75) is 19.8 Å². The highest BCUT2D eigenvalue weighted by molar-refractivity contribution is 6.13. The topological polar surface area (TPSA) is 74.8 Å². The van der Waals surface area contributed by atoms with Crippen LogP contribution in [0.2, 0.25) is 0 Å². The predicted octanol–water partition coefficient (Wildman–Crippen LogP) is 4.32. The van der Waals surface area contributed by atoms with Crippen LogP contribution < -0.4 is 5.32 Å². The van der Waals surface area contributed by atoms with Gasteiger partial charge in [-0.05, 0) is 49.6 Å². The SMILES string of the molecule is CC(=O)C1(C(=O)Nc2cc3c(C=Cc4ccc(F)cc4)n[nH]c3cc2F)CC1. The van der Waals surface area contributed by atoms with Crippen LogP contribution in [0, 0.1) is 17.0 Å². The van der Waals surface area contributed by atoms with Crippen LogP contribution in [0.1, 0.15) is 31.0 Å². The number of anilines is 1. The van der Waals surface area contributed by atoms with Gasteiger partial charge in [-0.3, -0.25) is 14.7 Å². The summed E-state index contributed by atoms with van der Waals surface area (Å²) in [5, 5.41) is 10.1. The van der Waals surface area contributed by atoms with Crippen molar-refractivity contribution < 1.29 is 18.4 Å². The van der Waals surface area contributed by atoms with E-state index in [9.17, 15) is 18.4 Å². The molecule has 1 saturated carbocycles. The molecule has 0 atom stereocenters. The molecule has 1 aliphatic rings. The van der Waals surface area contributed by atoms with Crippen LogP contribution in [0.3, 0.4) is 0 Å². The third-order valence-electron chi connectivity index (χ3n) is 5.09. The third kappa shape index (κ3) is 3.19. The van der Waals surface area contributed by atoms with Crippen molar-refractivity contribution in [1.29, 1.82) is 0 Å². The molecule has 2 aromatic carbocycles. The lowest BCUT2D eigenvalue weighted by atomic mass is 10.0. The van der Waals surface area contributed by atoms with Crippen molar-refractivity contribution in [3.63, 3.8) is 0 Å². The summed E-state index contributed by atoms with van der Waals surface area (Å²) in [5.41, 5.74) is 0.779. The van der Waals surface area contributed by atoms with E-state index in [1.807, 2.05) is 0 Å². The van der Waals surface area contributed by atoms with Gasteiger partial charge in [0, 0.05) is 11.5 Å². The molecule has 1 aromatic heterocycles. The highest BCUT2D eigenvalue weighted by Crippen LogP contribution is 2.47. The number of rotatable bonds is 5. The fourth-order valence-electron chi connectivity index (χ4n) is 3.14. The molecule has 3 aromatic rings. The second kappa shape index (κ2) is 6.67. The molecule has 1 fully saturated rings. The number of fused-ring (bicyclic) bond motifs is 1. The molecule has 0 bridgehead atoms. The van der Waals surface area contributed by atoms with Crippen LogP contribution in [0.15, 0.2) is 36.4 Å². The largest absolute Gasteiger partial charge is 0.323 e. The summed E-state index contributed by atoms with van der Waals surface area (Å²) in [6.07, 6.45) is 4.43. The van der Waals surface area contributed by atoms with E-state index in [4.69, 9.17) is 0 Å². The number of halogens is 2. The zero-order chi connectivity index (χ0) is 19.9. The number of carbonyl (C=O) groups is 2. The standard InChI is InChI=1S/C21H17F2N3O2/c1-12(27)21(8-9-21)20(28)24-19-10-15-17(25-26-18(15)11-16(19)23)7-4-13-2-5-14(22)6-3-13/h2-7,10-11H,8-9H2,1H3,(H,24,28)(H,25,26). The van der Waals surface area contributed by atoms with Gasteiger partial charge in [-0.25, -0.2) is 8.78 Å². The normalized spacial score (nSPS) is 15.1. The molecule has 0 radical (unpaired) electrons. The molecule has 0 aliphatic heterocycles. The lowest BCUT2D eigenvalue weighted by Gasteiger charge is -2.12. The smallest absolute Gasteiger partial charge is 0.238 e. The van der Waals surface area contributed by atoms with Crippen molar-refractivity contribution >= 4 is 40.4 Å². The summed E-state index contributed by atoms with van der Waals surface area (Å²) < 4.78 is 27.4. The van der Waals surface area contributed by atoms with Gasteiger partial charge in [0.1, 0.15) is 22.8 Å². The lowest BCUT2D eigenvalue weighted by molar-refractivity contribution is -0.131. The molecule has 142 valence electrons. The number of aromatic nitrogens is 2. The Balaban J connectivity index is 1.63. The molecule has 0 unspecified atom stereocenters. The number of ketones is 1. The number of H-pyrrole nitrogens is 1. The van der Waals surface area contributed by atoms with Gasteiger partial charge >= 0.3 is 0 Å². The first-order valence-electron chi connectivity index (χ1n) is 8.83. The van der Waals surface area contributed by atoms with Gasteiger partial charge < -0.3 is 5.32 Å². The molecule has 2 N–H and O–H groups in total. The number of Topliss-reactive ketones (excluding diaryl/α,β-unsaturated/α-hetero) is 1. The summed E-state index contributed by atoms with van der Waals surface area (Å²) in [4.78, 5) is 24.1. The summed E-state index contributed by atoms with van der Waals surface area (Å²) in [7, 11) is 0. The number of nitrogens with one attached hydrogen (secondary N) is 2. The molecule has 4 rings (SSSR count). The van der Waals surface area contributed by atoms with E-state index >= 15 is 0 Å². The van der Waals surface area contributed by atoms with Crippen LogP contribution in [0.5, 0.6) is 0 Å². The lowest BCUT2D eigenvalue weighted by Crippen LogP contribution is -2.30. The Kier molecular flexibility index (Phi) is 4.30. The summed E-state index contributed by atoms with van der Waals surface area (Å²) in [6.45, 7) is 1.38. The van der Waals surface area contributed by atoms with Crippen LogP contribution in [0.4, 0.5) is 14.5 Å². The highest BCUT2D eigenvalue weighted by atomic mass is 19.1. The average molecular weight is 381 g/mol.